The predicted octanol–water partition coefficient (Wildman–Crippen LogP) is 2.46. The van der Waals surface area contributed by atoms with Crippen LogP contribution >= 0.6 is 0 Å². The minimum absolute atomic E-state index is 0.0213. The Hall–Kier alpha value is -2.37. The minimum Gasteiger partial charge on any atom is -0.487 e. The van der Waals surface area contributed by atoms with Crippen LogP contribution in [-0.4, -0.2) is 48.4 Å². The zero-order valence-corrected chi connectivity index (χ0v) is 14.8. The molecule has 6 nitrogen and oxygen atoms in total. The summed E-state index contributed by atoms with van der Waals surface area (Å²) in [5, 5.41) is 0. The first kappa shape index (κ1) is 17.5. The van der Waals surface area contributed by atoms with Gasteiger partial charge in [-0.05, 0) is 44.9 Å². The van der Waals surface area contributed by atoms with E-state index in [1.165, 1.54) is 7.11 Å². The Morgan fingerprint density at radius 3 is 2.80 bits per heavy atom. The van der Waals surface area contributed by atoms with Gasteiger partial charge in [0.1, 0.15) is 11.4 Å². The number of hydrogen-bond acceptors (Lipinski definition) is 5. The lowest BCUT2D eigenvalue weighted by molar-refractivity contribution is -0.146. The lowest BCUT2D eigenvalue weighted by Crippen LogP contribution is -2.42. The third kappa shape index (κ3) is 3.52. The van der Waals surface area contributed by atoms with Gasteiger partial charge in [0.15, 0.2) is 5.78 Å². The number of ketones is 1. The number of benzene rings is 1. The van der Waals surface area contributed by atoms with Gasteiger partial charge in [0, 0.05) is 18.7 Å². The summed E-state index contributed by atoms with van der Waals surface area (Å²) in [4.78, 5) is 38.6. The minimum atomic E-state index is -0.532. The number of hydrogen-bond donors (Lipinski definition) is 0. The maximum absolute atomic E-state index is 12.8. The normalized spacial score (nSPS) is 22.0. The van der Waals surface area contributed by atoms with Crippen molar-refractivity contribution in [2.45, 2.75) is 38.7 Å². The van der Waals surface area contributed by atoms with Crippen LogP contribution in [0, 0.1) is 5.92 Å². The van der Waals surface area contributed by atoms with Crippen molar-refractivity contribution in [1.29, 1.82) is 0 Å². The van der Waals surface area contributed by atoms with E-state index in [0.29, 0.717) is 30.0 Å². The summed E-state index contributed by atoms with van der Waals surface area (Å²) in [7, 11) is 1.36. The van der Waals surface area contributed by atoms with Crippen LogP contribution in [0.5, 0.6) is 5.75 Å². The summed E-state index contributed by atoms with van der Waals surface area (Å²) in [5.41, 5.74) is 0.364. The van der Waals surface area contributed by atoms with Gasteiger partial charge in [0.2, 0.25) is 0 Å². The summed E-state index contributed by atoms with van der Waals surface area (Å²) in [6.45, 7) is 4.68. The van der Waals surface area contributed by atoms with Crippen LogP contribution in [0.3, 0.4) is 0 Å². The molecule has 0 aromatic heterocycles. The Morgan fingerprint density at radius 1 is 1.32 bits per heavy atom. The van der Waals surface area contributed by atoms with Crippen LogP contribution in [-0.2, 0) is 9.53 Å². The van der Waals surface area contributed by atoms with Crippen LogP contribution in [0.4, 0.5) is 0 Å². The maximum Gasteiger partial charge on any atom is 0.310 e. The number of nitrogens with zero attached hydrogens (tertiary/aromatic N) is 1. The highest BCUT2D eigenvalue weighted by molar-refractivity contribution is 6.03. The second kappa shape index (κ2) is 6.50. The highest BCUT2D eigenvalue weighted by atomic mass is 16.5. The molecule has 134 valence electrons. The Bertz CT molecular complexity index is 725. The van der Waals surface area contributed by atoms with E-state index < -0.39 is 5.60 Å². The second-order valence-corrected chi connectivity index (χ2v) is 7.29. The van der Waals surface area contributed by atoms with Gasteiger partial charge in [-0.3, -0.25) is 14.4 Å². The Balaban J connectivity index is 1.80. The molecule has 2 aliphatic heterocycles. The molecule has 1 aromatic carbocycles. The average molecular weight is 345 g/mol. The van der Waals surface area contributed by atoms with Crippen LogP contribution in [0.15, 0.2) is 18.2 Å². The third-order valence-electron chi connectivity index (χ3n) is 4.74. The van der Waals surface area contributed by atoms with Gasteiger partial charge in [0.25, 0.3) is 5.91 Å². The van der Waals surface area contributed by atoms with E-state index in [4.69, 9.17) is 9.47 Å². The van der Waals surface area contributed by atoms with Gasteiger partial charge in [-0.2, -0.15) is 0 Å². The summed E-state index contributed by atoms with van der Waals surface area (Å²) >= 11 is 0. The third-order valence-corrected chi connectivity index (χ3v) is 4.74. The standard InChI is InChI=1S/C19H23NO5/c1-19(2)10-15(21)14-9-12(6-7-16(14)25-19)17(22)20-8-4-5-13(11-20)18(23)24-3/h6-7,9,13H,4-5,8,10-11H2,1-3H3. The SMILES string of the molecule is COC(=O)C1CCCN(C(=O)c2ccc3c(c2)C(=O)CC(C)(C)O3)C1. The molecular weight excluding hydrogens is 322 g/mol. The topological polar surface area (TPSA) is 72.9 Å². The van der Waals surface area contributed by atoms with Crippen molar-refractivity contribution in [1.82, 2.24) is 4.90 Å². The smallest absolute Gasteiger partial charge is 0.310 e. The molecule has 0 saturated carbocycles. The summed E-state index contributed by atoms with van der Waals surface area (Å²) in [6.07, 6.45) is 1.76. The van der Waals surface area contributed by atoms with E-state index in [1.807, 2.05) is 13.8 Å². The van der Waals surface area contributed by atoms with Gasteiger partial charge >= 0.3 is 5.97 Å². The molecule has 3 rings (SSSR count). The van der Waals surface area contributed by atoms with Gasteiger partial charge in [-0.15, -0.1) is 0 Å². The average Bonchev–Trinajstić information content (AvgIpc) is 2.59. The molecule has 0 bridgehead atoms. The van der Waals surface area contributed by atoms with Crippen LogP contribution in [0.1, 0.15) is 53.8 Å². The second-order valence-electron chi connectivity index (χ2n) is 7.29. The van der Waals surface area contributed by atoms with E-state index in [9.17, 15) is 14.4 Å². The highest BCUT2D eigenvalue weighted by Gasteiger charge is 2.34. The van der Waals surface area contributed by atoms with Crippen molar-refractivity contribution in [2.75, 3.05) is 20.2 Å². The molecule has 2 heterocycles. The summed E-state index contributed by atoms with van der Waals surface area (Å²) < 4.78 is 10.6. The van der Waals surface area contributed by atoms with Crippen molar-refractivity contribution in [3.8, 4) is 5.75 Å². The molecule has 0 spiro atoms. The van der Waals surface area contributed by atoms with Gasteiger partial charge in [-0.1, -0.05) is 0 Å². The van der Waals surface area contributed by atoms with Crippen molar-refractivity contribution in [3.63, 3.8) is 0 Å². The van der Waals surface area contributed by atoms with E-state index in [1.54, 1.807) is 23.1 Å². The van der Waals surface area contributed by atoms with Crippen LogP contribution in [0.25, 0.3) is 0 Å². The number of methoxy groups -OCH3 is 1. The first-order valence-corrected chi connectivity index (χ1v) is 8.54. The Morgan fingerprint density at radius 2 is 2.08 bits per heavy atom. The fourth-order valence-corrected chi connectivity index (χ4v) is 3.49. The molecule has 0 aliphatic carbocycles. The first-order valence-electron chi connectivity index (χ1n) is 8.54. The number of piperidine rings is 1. The molecule has 25 heavy (non-hydrogen) atoms. The number of amides is 1. The fourth-order valence-electron chi connectivity index (χ4n) is 3.49. The van der Waals surface area contributed by atoms with Crippen molar-refractivity contribution >= 4 is 17.7 Å². The number of ether oxygens (including phenoxy) is 2. The maximum atomic E-state index is 12.8. The van der Waals surface area contributed by atoms with Crippen molar-refractivity contribution in [2.24, 2.45) is 5.92 Å². The zero-order valence-electron chi connectivity index (χ0n) is 14.8. The molecule has 1 amide bonds. The van der Waals surface area contributed by atoms with E-state index in [-0.39, 0.29) is 30.0 Å². The van der Waals surface area contributed by atoms with Crippen LogP contribution < -0.4 is 4.74 Å². The van der Waals surface area contributed by atoms with E-state index in [0.717, 1.165) is 12.8 Å². The van der Waals surface area contributed by atoms with Gasteiger partial charge in [0.05, 0.1) is 25.0 Å². The number of rotatable bonds is 2. The molecule has 1 atom stereocenters. The number of likely N-dealkylation sites (tertiary alicyclic amines) is 1. The van der Waals surface area contributed by atoms with Crippen LogP contribution in [0.2, 0.25) is 0 Å². The molecule has 1 aromatic rings. The lowest BCUT2D eigenvalue weighted by atomic mass is 9.91. The molecule has 1 fully saturated rings. The van der Waals surface area contributed by atoms with E-state index >= 15 is 0 Å². The Kier molecular flexibility index (Phi) is 4.54. The molecule has 1 unspecified atom stereocenters. The zero-order chi connectivity index (χ0) is 18.2. The monoisotopic (exact) mass is 345 g/mol. The van der Waals surface area contributed by atoms with Crippen molar-refractivity contribution in [3.05, 3.63) is 29.3 Å². The van der Waals surface area contributed by atoms with Gasteiger partial charge < -0.3 is 14.4 Å². The van der Waals surface area contributed by atoms with Gasteiger partial charge in [-0.25, -0.2) is 0 Å². The quantitative estimate of drug-likeness (QED) is 0.770. The van der Waals surface area contributed by atoms with Crippen molar-refractivity contribution < 1.29 is 23.9 Å². The summed E-state index contributed by atoms with van der Waals surface area (Å²) in [5.74, 6) is -0.246. The molecular formula is C19H23NO5. The number of esters is 1. The number of fused-ring (bicyclic) bond motifs is 1. The number of carbonyl (C=O) groups excluding carboxylic acids is 3. The Labute approximate surface area is 147 Å². The molecule has 6 heteroatoms. The fraction of sp³-hybridized carbons (Fsp3) is 0.526. The molecule has 0 radical (unpaired) electrons. The lowest BCUT2D eigenvalue weighted by Gasteiger charge is -2.33. The largest absolute Gasteiger partial charge is 0.487 e. The first-order chi connectivity index (χ1) is 11.8. The number of Topliss-reactive ketones (excluding diaryl/α,β-unsaturated/α-hetero) is 1. The molecule has 2 aliphatic rings. The summed E-state index contributed by atoms with van der Waals surface area (Å²) in [6, 6.07) is 4.97. The highest BCUT2D eigenvalue weighted by Crippen LogP contribution is 2.34. The molecule has 0 N–H and O–H groups in total. The van der Waals surface area contributed by atoms with E-state index in [2.05, 4.69) is 0 Å². The number of carbonyl (C=O) groups is 3. The predicted molar refractivity (Wildman–Crippen MR) is 90.7 cm³/mol. The molecule has 1 saturated heterocycles.